The summed E-state index contributed by atoms with van der Waals surface area (Å²) in [6.45, 7) is 0. The Morgan fingerprint density at radius 2 is 2.05 bits per heavy atom. The minimum Gasteiger partial charge on any atom is -0.323 e. The van der Waals surface area contributed by atoms with E-state index in [1.807, 2.05) is 5.38 Å². The second-order valence-electron chi connectivity index (χ2n) is 3.80. The molecule has 0 fully saturated rings. The number of benzene rings is 1. The number of thioether (sulfide) groups is 1. The molecule has 1 unspecified atom stereocenters. The van der Waals surface area contributed by atoms with Crippen LogP contribution in [0.25, 0.3) is 0 Å². The Hall–Kier alpha value is -1.05. The van der Waals surface area contributed by atoms with Gasteiger partial charge in [0.2, 0.25) is 0 Å². The Kier molecular flexibility index (Phi) is 4.49. The first-order valence-corrected chi connectivity index (χ1v) is 7.29. The van der Waals surface area contributed by atoms with Gasteiger partial charge in [0.15, 0.2) is 0 Å². The predicted octanol–water partition coefficient (Wildman–Crippen LogP) is 3.95. The summed E-state index contributed by atoms with van der Waals surface area (Å²) in [6, 6.07) is 4.75. The van der Waals surface area contributed by atoms with Gasteiger partial charge in [-0.1, -0.05) is 30.0 Å². The van der Waals surface area contributed by atoms with E-state index in [0.29, 0.717) is 5.75 Å². The van der Waals surface area contributed by atoms with E-state index >= 15 is 0 Å². The van der Waals surface area contributed by atoms with Gasteiger partial charge in [0.05, 0.1) is 5.56 Å². The van der Waals surface area contributed by atoms with Gasteiger partial charge in [-0.3, -0.25) is 0 Å². The fourth-order valence-corrected chi connectivity index (χ4v) is 3.25. The Morgan fingerprint density at radius 1 is 1.32 bits per heavy atom. The van der Waals surface area contributed by atoms with Gasteiger partial charge in [-0.05, 0) is 11.6 Å². The molecule has 2 nitrogen and oxygen atoms in total. The van der Waals surface area contributed by atoms with Crippen molar-refractivity contribution in [3.8, 4) is 0 Å². The molecule has 1 atom stereocenters. The molecular formula is C12H11F3N2S2. The van der Waals surface area contributed by atoms with E-state index in [-0.39, 0.29) is 5.56 Å². The van der Waals surface area contributed by atoms with Crippen LogP contribution in [0.5, 0.6) is 0 Å². The molecule has 0 spiro atoms. The fourth-order valence-electron chi connectivity index (χ4n) is 1.61. The van der Waals surface area contributed by atoms with E-state index in [1.165, 1.54) is 35.2 Å². The Balaban J connectivity index is 2.12. The van der Waals surface area contributed by atoms with Crippen molar-refractivity contribution >= 4 is 23.1 Å². The van der Waals surface area contributed by atoms with Gasteiger partial charge in [-0.2, -0.15) is 13.2 Å². The normalized spacial score (nSPS) is 13.5. The van der Waals surface area contributed by atoms with Crippen LogP contribution >= 0.6 is 23.1 Å². The molecule has 0 aliphatic heterocycles. The average Bonchev–Trinajstić information content (AvgIpc) is 2.88. The molecule has 0 saturated carbocycles. The molecule has 0 aliphatic carbocycles. The van der Waals surface area contributed by atoms with Crippen molar-refractivity contribution in [3.05, 3.63) is 47.0 Å². The molecule has 1 aromatic heterocycles. The largest absolute Gasteiger partial charge is 0.416 e. The first kappa shape index (κ1) is 14.4. The van der Waals surface area contributed by atoms with E-state index in [9.17, 15) is 13.2 Å². The van der Waals surface area contributed by atoms with Gasteiger partial charge in [0, 0.05) is 23.4 Å². The monoisotopic (exact) mass is 304 g/mol. The third-order valence-electron chi connectivity index (χ3n) is 2.46. The smallest absolute Gasteiger partial charge is 0.323 e. The third-order valence-corrected chi connectivity index (χ3v) is 4.55. The van der Waals surface area contributed by atoms with Gasteiger partial charge < -0.3 is 5.73 Å². The third kappa shape index (κ3) is 3.71. The Bertz CT molecular complexity index is 526. The highest BCUT2D eigenvalue weighted by molar-refractivity contribution is 8.01. The molecule has 0 amide bonds. The molecule has 19 heavy (non-hydrogen) atoms. The van der Waals surface area contributed by atoms with Crippen LogP contribution in [0.1, 0.15) is 17.2 Å². The van der Waals surface area contributed by atoms with Crippen LogP contribution in [0.4, 0.5) is 13.2 Å². The highest BCUT2D eigenvalue weighted by Gasteiger charge is 2.34. The average molecular weight is 304 g/mol. The second kappa shape index (κ2) is 5.94. The van der Waals surface area contributed by atoms with Crippen molar-refractivity contribution in [1.82, 2.24) is 4.98 Å². The lowest BCUT2D eigenvalue weighted by atomic mass is 10.0. The Labute approximate surface area is 116 Å². The van der Waals surface area contributed by atoms with Crippen molar-refractivity contribution in [3.63, 3.8) is 0 Å². The van der Waals surface area contributed by atoms with Gasteiger partial charge in [-0.15, -0.1) is 11.3 Å². The van der Waals surface area contributed by atoms with Crippen LogP contribution in [0.2, 0.25) is 0 Å². The number of thiazole rings is 1. The van der Waals surface area contributed by atoms with Gasteiger partial charge in [0.25, 0.3) is 0 Å². The topological polar surface area (TPSA) is 38.9 Å². The SMILES string of the molecule is NC(CSc1nccs1)c1ccccc1C(F)(F)F. The number of nitrogens with zero attached hydrogens (tertiary/aromatic N) is 1. The molecule has 0 aliphatic rings. The quantitative estimate of drug-likeness (QED) is 0.869. The summed E-state index contributed by atoms with van der Waals surface area (Å²) in [5, 5.41) is 1.82. The zero-order chi connectivity index (χ0) is 13.9. The van der Waals surface area contributed by atoms with Crippen molar-refractivity contribution in [1.29, 1.82) is 0 Å². The van der Waals surface area contributed by atoms with E-state index < -0.39 is 17.8 Å². The number of hydrogen-bond donors (Lipinski definition) is 1. The summed E-state index contributed by atoms with van der Waals surface area (Å²) >= 11 is 2.81. The zero-order valence-corrected chi connectivity index (χ0v) is 11.4. The minimum absolute atomic E-state index is 0.124. The number of aromatic nitrogens is 1. The summed E-state index contributed by atoms with van der Waals surface area (Å²) in [5.41, 5.74) is 5.32. The molecule has 102 valence electrons. The van der Waals surface area contributed by atoms with Crippen LogP contribution in [0.15, 0.2) is 40.2 Å². The summed E-state index contributed by atoms with van der Waals surface area (Å²) in [4.78, 5) is 4.06. The number of alkyl halides is 3. The molecule has 0 saturated heterocycles. The van der Waals surface area contributed by atoms with Crippen LogP contribution in [0, 0.1) is 0 Å². The number of rotatable bonds is 4. The van der Waals surface area contributed by atoms with Gasteiger partial charge >= 0.3 is 6.18 Å². The van der Waals surface area contributed by atoms with E-state index in [0.717, 1.165) is 10.4 Å². The number of hydrogen-bond acceptors (Lipinski definition) is 4. The van der Waals surface area contributed by atoms with Crippen LogP contribution in [-0.2, 0) is 6.18 Å². The maximum Gasteiger partial charge on any atom is 0.416 e. The van der Waals surface area contributed by atoms with Crippen LogP contribution < -0.4 is 5.73 Å². The lowest BCUT2D eigenvalue weighted by Crippen LogP contribution is -2.19. The summed E-state index contributed by atoms with van der Waals surface area (Å²) in [5.74, 6) is 0.362. The zero-order valence-electron chi connectivity index (χ0n) is 9.72. The van der Waals surface area contributed by atoms with E-state index in [4.69, 9.17) is 5.73 Å². The molecule has 0 radical (unpaired) electrons. The fraction of sp³-hybridized carbons (Fsp3) is 0.250. The maximum atomic E-state index is 12.8. The van der Waals surface area contributed by atoms with Crippen LogP contribution in [-0.4, -0.2) is 10.7 Å². The van der Waals surface area contributed by atoms with E-state index in [1.54, 1.807) is 12.3 Å². The highest BCUT2D eigenvalue weighted by Crippen LogP contribution is 2.35. The molecule has 0 bridgehead atoms. The molecule has 2 rings (SSSR count). The number of halogens is 3. The summed E-state index contributed by atoms with van der Waals surface area (Å²) in [6.07, 6.45) is -2.72. The molecule has 1 aromatic carbocycles. The lowest BCUT2D eigenvalue weighted by Gasteiger charge is -2.17. The molecular weight excluding hydrogens is 293 g/mol. The predicted molar refractivity (Wildman–Crippen MR) is 71.2 cm³/mol. The standard InChI is InChI=1S/C12H11F3N2S2/c13-12(14,15)9-4-2-1-3-8(9)10(16)7-19-11-17-5-6-18-11/h1-6,10H,7,16H2. The second-order valence-corrected chi connectivity index (χ2v) is 5.96. The summed E-state index contributed by atoms with van der Waals surface area (Å²) in [7, 11) is 0. The molecule has 2 aromatic rings. The Morgan fingerprint density at radius 3 is 2.68 bits per heavy atom. The highest BCUT2D eigenvalue weighted by atomic mass is 32.2. The first-order valence-electron chi connectivity index (χ1n) is 5.42. The van der Waals surface area contributed by atoms with Gasteiger partial charge in [-0.25, -0.2) is 4.98 Å². The molecule has 2 N–H and O–H groups in total. The molecule has 7 heteroatoms. The lowest BCUT2D eigenvalue weighted by molar-refractivity contribution is -0.138. The van der Waals surface area contributed by atoms with Crippen molar-refractivity contribution < 1.29 is 13.2 Å². The minimum atomic E-state index is -4.37. The van der Waals surface area contributed by atoms with Gasteiger partial charge in [0.1, 0.15) is 4.34 Å². The van der Waals surface area contributed by atoms with E-state index in [2.05, 4.69) is 4.98 Å². The molecule has 1 heterocycles. The maximum absolute atomic E-state index is 12.8. The van der Waals surface area contributed by atoms with Crippen molar-refractivity contribution in [2.45, 2.75) is 16.6 Å². The van der Waals surface area contributed by atoms with Crippen LogP contribution in [0.3, 0.4) is 0 Å². The first-order chi connectivity index (χ1) is 8.98. The van der Waals surface area contributed by atoms with Crippen molar-refractivity contribution in [2.75, 3.05) is 5.75 Å². The van der Waals surface area contributed by atoms with Crippen molar-refractivity contribution in [2.24, 2.45) is 5.73 Å². The number of nitrogens with two attached hydrogens (primary N) is 1. The summed E-state index contributed by atoms with van der Waals surface area (Å²) < 4.78 is 39.4.